The second-order valence-corrected chi connectivity index (χ2v) is 12.9. The van der Waals surface area contributed by atoms with E-state index in [1.165, 1.54) is 11.1 Å². The highest BCUT2D eigenvalue weighted by molar-refractivity contribution is 8.00. The van der Waals surface area contributed by atoms with Crippen LogP contribution in [0.3, 0.4) is 0 Å². The van der Waals surface area contributed by atoms with Crippen LogP contribution in [0, 0.1) is 0 Å². The summed E-state index contributed by atoms with van der Waals surface area (Å²) in [6.45, 7) is 4.41. The average molecular weight is 555 g/mol. The Morgan fingerprint density at radius 1 is 0.974 bits per heavy atom. The monoisotopic (exact) mass is 554 g/mol. The molecule has 2 bridgehead atoms. The summed E-state index contributed by atoms with van der Waals surface area (Å²) in [5, 5.41) is 2.12. The Balaban J connectivity index is 1.06. The normalized spacial score (nSPS) is 20.4. The van der Waals surface area contributed by atoms with Gasteiger partial charge in [0.2, 0.25) is 0 Å². The van der Waals surface area contributed by atoms with Crippen LogP contribution in [0.1, 0.15) is 66.9 Å². The number of para-hydroxylation sites is 1. The first-order valence-corrected chi connectivity index (χ1v) is 15.7. The van der Waals surface area contributed by atoms with Gasteiger partial charge in [0.15, 0.2) is 4.34 Å². The largest absolute Gasteiger partial charge is 0.490 e. The lowest BCUT2D eigenvalue weighted by molar-refractivity contribution is 0.0356. The van der Waals surface area contributed by atoms with Crippen molar-refractivity contribution in [1.82, 2.24) is 9.88 Å². The van der Waals surface area contributed by atoms with Crippen LogP contribution in [0.2, 0.25) is 0 Å². The molecule has 0 aliphatic carbocycles. The molecule has 4 nitrogen and oxygen atoms in total. The standard InChI is InChI=1S/C33H34N2O2S2/c1-22(2)29-10-6-7-11-31(29)37-28-18-26-16-17-27(19-28)35(26)32(36)25-14-12-23(13-15-25)20-38-33-34-30(21-39-33)24-8-4-3-5-9-24/h3-15,21-22,26-28H,16-20H2,1-2H3. The zero-order chi connectivity index (χ0) is 26.8. The summed E-state index contributed by atoms with van der Waals surface area (Å²) in [6, 6.07) is 27.4. The van der Waals surface area contributed by atoms with Crippen molar-refractivity contribution in [1.29, 1.82) is 0 Å². The molecular formula is C33H34N2O2S2. The van der Waals surface area contributed by atoms with E-state index in [9.17, 15) is 4.79 Å². The quantitative estimate of drug-likeness (QED) is 0.205. The number of amides is 1. The van der Waals surface area contributed by atoms with E-state index in [1.807, 2.05) is 30.3 Å². The Labute approximate surface area is 239 Å². The van der Waals surface area contributed by atoms with E-state index in [1.54, 1.807) is 23.1 Å². The van der Waals surface area contributed by atoms with Gasteiger partial charge in [-0.05, 0) is 48.1 Å². The van der Waals surface area contributed by atoms with Gasteiger partial charge in [-0.15, -0.1) is 11.3 Å². The molecule has 2 atom stereocenters. The molecule has 2 aliphatic rings. The number of aromatic nitrogens is 1. The molecule has 0 spiro atoms. The number of thioether (sulfide) groups is 1. The first kappa shape index (κ1) is 26.1. The van der Waals surface area contributed by atoms with Gasteiger partial charge in [0, 0.05) is 47.2 Å². The number of benzene rings is 3. The number of nitrogens with zero attached hydrogens (tertiary/aromatic N) is 2. The van der Waals surface area contributed by atoms with Crippen LogP contribution in [0.15, 0.2) is 88.6 Å². The van der Waals surface area contributed by atoms with Crippen molar-refractivity contribution in [2.45, 2.75) is 73.7 Å². The number of carbonyl (C=O) groups excluding carboxylic acids is 1. The van der Waals surface area contributed by atoms with Crippen molar-refractivity contribution in [2.24, 2.45) is 0 Å². The molecule has 3 heterocycles. The lowest BCUT2D eigenvalue weighted by Crippen LogP contribution is -2.49. The maximum atomic E-state index is 13.6. The van der Waals surface area contributed by atoms with E-state index in [-0.39, 0.29) is 24.1 Å². The second kappa shape index (κ2) is 11.6. The third-order valence-corrected chi connectivity index (χ3v) is 9.97. The van der Waals surface area contributed by atoms with Gasteiger partial charge >= 0.3 is 0 Å². The summed E-state index contributed by atoms with van der Waals surface area (Å²) in [7, 11) is 0. The molecule has 6 rings (SSSR count). The van der Waals surface area contributed by atoms with E-state index in [0.717, 1.165) is 58.3 Å². The van der Waals surface area contributed by atoms with Crippen LogP contribution in [-0.4, -0.2) is 34.0 Å². The van der Waals surface area contributed by atoms with Crippen LogP contribution in [0.5, 0.6) is 5.75 Å². The van der Waals surface area contributed by atoms with Gasteiger partial charge in [-0.2, -0.15) is 0 Å². The van der Waals surface area contributed by atoms with E-state index in [0.29, 0.717) is 5.92 Å². The Kier molecular flexibility index (Phi) is 7.76. The van der Waals surface area contributed by atoms with E-state index < -0.39 is 0 Å². The van der Waals surface area contributed by atoms with Gasteiger partial charge in [-0.25, -0.2) is 4.98 Å². The fraction of sp³-hybridized carbons (Fsp3) is 0.333. The molecule has 1 aromatic heterocycles. The SMILES string of the molecule is CC(C)c1ccccc1OC1CC2CCC(C1)N2C(=O)c1ccc(CSc2nc(-c3ccccc3)cs2)cc1. The third kappa shape index (κ3) is 5.78. The summed E-state index contributed by atoms with van der Waals surface area (Å²) in [5.41, 5.74) is 5.41. The number of hydrogen-bond donors (Lipinski definition) is 0. The summed E-state index contributed by atoms with van der Waals surface area (Å²) in [6.07, 6.45) is 4.11. The molecule has 1 amide bonds. The predicted octanol–water partition coefficient (Wildman–Crippen LogP) is 8.44. The van der Waals surface area contributed by atoms with Crippen molar-refractivity contribution in [2.75, 3.05) is 0 Å². The molecule has 200 valence electrons. The number of thiazole rings is 1. The number of rotatable bonds is 8. The van der Waals surface area contributed by atoms with Gasteiger partial charge in [0.1, 0.15) is 11.9 Å². The molecular weight excluding hydrogens is 521 g/mol. The van der Waals surface area contributed by atoms with Crippen LogP contribution < -0.4 is 4.74 Å². The molecule has 0 N–H and O–H groups in total. The first-order chi connectivity index (χ1) is 19.0. The molecule has 2 unspecified atom stereocenters. The summed E-state index contributed by atoms with van der Waals surface area (Å²) in [4.78, 5) is 20.5. The fourth-order valence-electron chi connectivity index (χ4n) is 5.90. The van der Waals surface area contributed by atoms with Gasteiger partial charge in [-0.1, -0.05) is 86.3 Å². The number of carbonyl (C=O) groups is 1. The highest BCUT2D eigenvalue weighted by atomic mass is 32.2. The van der Waals surface area contributed by atoms with Gasteiger partial charge < -0.3 is 9.64 Å². The number of hydrogen-bond acceptors (Lipinski definition) is 5. The number of ether oxygens (including phenoxy) is 1. The molecule has 0 saturated carbocycles. The molecule has 2 aliphatic heterocycles. The molecule has 39 heavy (non-hydrogen) atoms. The van der Waals surface area contributed by atoms with Gasteiger partial charge in [-0.3, -0.25) is 4.79 Å². The predicted molar refractivity (Wildman–Crippen MR) is 161 cm³/mol. The third-order valence-electron chi connectivity index (χ3n) is 7.87. The van der Waals surface area contributed by atoms with Crippen molar-refractivity contribution in [3.05, 3.63) is 101 Å². The van der Waals surface area contributed by atoms with Crippen LogP contribution in [-0.2, 0) is 5.75 Å². The van der Waals surface area contributed by atoms with Gasteiger partial charge in [0.25, 0.3) is 5.91 Å². The molecule has 2 saturated heterocycles. The minimum atomic E-state index is 0.162. The minimum absolute atomic E-state index is 0.162. The summed E-state index contributed by atoms with van der Waals surface area (Å²) >= 11 is 3.42. The van der Waals surface area contributed by atoms with E-state index in [4.69, 9.17) is 9.72 Å². The number of piperidine rings is 1. The Bertz CT molecular complexity index is 1400. The average Bonchev–Trinajstić information content (AvgIpc) is 3.54. The Morgan fingerprint density at radius 3 is 2.38 bits per heavy atom. The summed E-state index contributed by atoms with van der Waals surface area (Å²) in [5.74, 6) is 2.42. The topological polar surface area (TPSA) is 42.4 Å². The zero-order valence-electron chi connectivity index (χ0n) is 22.5. The summed E-state index contributed by atoms with van der Waals surface area (Å²) < 4.78 is 7.59. The molecule has 6 heteroatoms. The smallest absolute Gasteiger partial charge is 0.254 e. The van der Waals surface area contributed by atoms with Gasteiger partial charge in [0.05, 0.1) is 5.69 Å². The molecule has 2 fully saturated rings. The molecule has 0 radical (unpaired) electrons. The van der Waals surface area contributed by atoms with E-state index >= 15 is 0 Å². The lowest BCUT2D eigenvalue weighted by Gasteiger charge is -2.39. The highest BCUT2D eigenvalue weighted by Crippen LogP contribution is 2.39. The second-order valence-electron chi connectivity index (χ2n) is 10.9. The maximum Gasteiger partial charge on any atom is 0.254 e. The van der Waals surface area contributed by atoms with Crippen molar-refractivity contribution in [3.8, 4) is 17.0 Å². The van der Waals surface area contributed by atoms with E-state index in [2.05, 4.69) is 72.7 Å². The lowest BCUT2D eigenvalue weighted by atomic mass is 9.97. The Morgan fingerprint density at radius 2 is 1.67 bits per heavy atom. The minimum Gasteiger partial charge on any atom is -0.490 e. The number of fused-ring (bicyclic) bond motifs is 2. The molecule has 3 aromatic carbocycles. The zero-order valence-corrected chi connectivity index (χ0v) is 24.1. The Hall–Kier alpha value is -3.09. The van der Waals surface area contributed by atoms with Crippen LogP contribution >= 0.6 is 23.1 Å². The first-order valence-electron chi connectivity index (χ1n) is 13.9. The maximum absolute atomic E-state index is 13.6. The van der Waals surface area contributed by atoms with Crippen LogP contribution in [0.4, 0.5) is 0 Å². The fourth-order valence-corrected chi connectivity index (χ4v) is 7.69. The van der Waals surface area contributed by atoms with Crippen LogP contribution in [0.25, 0.3) is 11.3 Å². The van der Waals surface area contributed by atoms with Crippen molar-refractivity contribution in [3.63, 3.8) is 0 Å². The molecule has 4 aromatic rings. The highest BCUT2D eigenvalue weighted by Gasteiger charge is 2.44. The van der Waals surface area contributed by atoms with Crippen molar-refractivity contribution >= 4 is 29.0 Å². The van der Waals surface area contributed by atoms with Crippen molar-refractivity contribution < 1.29 is 9.53 Å².